The Morgan fingerprint density at radius 2 is 2.20 bits per heavy atom. The van der Waals surface area contributed by atoms with Crippen LogP contribution in [-0.4, -0.2) is 17.6 Å². The predicted octanol–water partition coefficient (Wildman–Crippen LogP) is 2.17. The average molecular weight is 273 g/mol. The number of nitrogen functional groups attached to an aromatic ring is 1. The van der Waals surface area contributed by atoms with Crippen molar-refractivity contribution in [3.63, 3.8) is 0 Å². The van der Waals surface area contributed by atoms with E-state index in [0.29, 0.717) is 11.3 Å². The summed E-state index contributed by atoms with van der Waals surface area (Å²) in [5, 5.41) is 8.99. The number of aryl methyl sites for hydroxylation is 1. The third-order valence-corrected chi connectivity index (χ3v) is 2.98. The van der Waals surface area contributed by atoms with Crippen molar-refractivity contribution < 1.29 is 13.9 Å². The molecule has 1 aromatic heterocycles. The first-order valence-electron chi connectivity index (χ1n) is 5.75. The van der Waals surface area contributed by atoms with Crippen LogP contribution in [0.3, 0.4) is 0 Å². The van der Waals surface area contributed by atoms with Gasteiger partial charge in [-0.1, -0.05) is 6.07 Å². The Bertz CT molecular complexity index is 729. The largest absolute Gasteiger partial charge is 0.464 e. The van der Waals surface area contributed by atoms with Gasteiger partial charge in [0.2, 0.25) is 0 Å². The molecule has 1 heterocycles. The van der Waals surface area contributed by atoms with Crippen LogP contribution in [0.15, 0.2) is 24.4 Å². The van der Waals surface area contributed by atoms with Crippen molar-refractivity contribution in [2.24, 2.45) is 0 Å². The van der Waals surface area contributed by atoms with Crippen molar-refractivity contribution in [1.29, 1.82) is 5.26 Å². The van der Waals surface area contributed by atoms with Gasteiger partial charge in [0.25, 0.3) is 0 Å². The third-order valence-electron chi connectivity index (χ3n) is 2.98. The summed E-state index contributed by atoms with van der Waals surface area (Å²) in [6.07, 6.45) is 1.38. The van der Waals surface area contributed by atoms with E-state index in [0.717, 1.165) is 0 Å². The zero-order chi connectivity index (χ0) is 14.9. The second-order valence-electron chi connectivity index (χ2n) is 4.21. The number of nitriles is 1. The van der Waals surface area contributed by atoms with Gasteiger partial charge >= 0.3 is 5.97 Å². The van der Waals surface area contributed by atoms with Gasteiger partial charge in [-0.25, -0.2) is 9.18 Å². The lowest BCUT2D eigenvalue weighted by Gasteiger charge is -2.09. The van der Waals surface area contributed by atoms with Gasteiger partial charge in [0.05, 0.1) is 18.4 Å². The minimum atomic E-state index is -0.690. The zero-order valence-electron chi connectivity index (χ0n) is 11.0. The van der Waals surface area contributed by atoms with Crippen LogP contribution in [0.1, 0.15) is 21.6 Å². The van der Waals surface area contributed by atoms with Gasteiger partial charge in [-0.15, -0.1) is 0 Å². The molecule has 0 unspecified atom stereocenters. The smallest absolute Gasteiger partial charge is 0.357 e. The van der Waals surface area contributed by atoms with Gasteiger partial charge < -0.3 is 15.0 Å². The highest BCUT2D eigenvalue weighted by Crippen LogP contribution is 2.25. The fraction of sp³-hybridized carbons (Fsp3) is 0.143. The lowest BCUT2D eigenvalue weighted by atomic mass is 10.2. The molecule has 0 saturated heterocycles. The highest BCUT2D eigenvalue weighted by molar-refractivity contribution is 5.95. The normalized spacial score (nSPS) is 10.1. The Labute approximate surface area is 115 Å². The molecule has 102 valence electrons. The molecular formula is C14H12FN3O2. The molecule has 0 radical (unpaired) electrons. The molecular weight excluding hydrogens is 261 g/mol. The topological polar surface area (TPSA) is 81.0 Å². The van der Waals surface area contributed by atoms with Crippen molar-refractivity contribution >= 4 is 11.7 Å². The Morgan fingerprint density at radius 1 is 1.50 bits per heavy atom. The third kappa shape index (κ3) is 2.10. The molecule has 1 aromatic carbocycles. The van der Waals surface area contributed by atoms with Gasteiger partial charge in [-0.2, -0.15) is 5.26 Å². The predicted molar refractivity (Wildman–Crippen MR) is 70.9 cm³/mol. The highest BCUT2D eigenvalue weighted by atomic mass is 19.1. The van der Waals surface area contributed by atoms with Gasteiger partial charge in [0.1, 0.15) is 11.9 Å². The van der Waals surface area contributed by atoms with Gasteiger partial charge in [-0.05, 0) is 24.6 Å². The van der Waals surface area contributed by atoms with E-state index in [1.165, 1.54) is 23.9 Å². The molecule has 0 aliphatic rings. The molecule has 0 spiro atoms. The average Bonchev–Trinajstić information content (AvgIpc) is 2.78. The number of esters is 1. The van der Waals surface area contributed by atoms with Crippen LogP contribution in [0.25, 0.3) is 5.69 Å². The minimum Gasteiger partial charge on any atom is -0.464 e. The quantitative estimate of drug-likeness (QED) is 0.850. The van der Waals surface area contributed by atoms with E-state index in [1.54, 1.807) is 19.1 Å². The molecule has 0 fully saturated rings. The number of benzene rings is 1. The van der Waals surface area contributed by atoms with Crippen molar-refractivity contribution in [3.8, 4) is 11.8 Å². The van der Waals surface area contributed by atoms with Crippen LogP contribution in [0.5, 0.6) is 0 Å². The lowest BCUT2D eigenvalue weighted by Crippen LogP contribution is -2.11. The maximum absolute atomic E-state index is 13.6. The van der Waals surface area contributed by atoms with Crippen LogP contribution in [-0.2, 0) is 4.74 Å². The van der Waals surface area contributed by atoms with E-state index in [1.807, 2.05) is 6.07 Å². The summed E-state index contributed by atoms with van der Waals surface area (Å²) in [5.41, 5.74) is 6.78. The Balaban J connectivity index is 2.70. The summed E-state index contributed by atoms with van der Waals surface area (Å²) >= 11 is 0. The fourth-order valence-electron chi connectivity index (χ4n) is 1.85. The molecule has 0 aliphatic carbocycles. The number of ether oxygens (including phenoxy) is 1. The maximum Gasteiger partial charge on any atom is 0.357 e. The first-order valence-corrected chi connectivity index (χ1v) is 5.75. The van der Waals surface area contributed by atoms with Crippen molar-refractivity contribution in [1.82, 2.24) is 4.57 Å². The molecule has 20 heavy (non-hydrogen) atoms. The number of carbonyl (C=O) groups is 1. The molecule has 0 bridgehead atoms. The minimum absolute atomic E-state index is 0.00676. The number of rotatable bonds is 2. The first kappa shape index (κ1) is 13.6. The number of carbonyl (C=O) groups excluding carboxylic acids is 1. The van der Waals surface area contributed by atoms with E-state index in [-0.39, 0.29) is 16.9 Å². The Hall–Kier alpha value is -2.81. The van der Waals surface area contributed by atoms with E-state index >= 15 is 0 Å². The molecule has 5 nitrogen and oxygen atoms in total. The number of hydrogen-bond donors (Lipinski definition) is 1. The second kappa shape index (κ2) is 5.05. The zero-order valence-corrected chi connectivity index (χ0v) is 11.0. The van der Waals surface area contributed by atoms with Crippen LogP contribution in [0.4, 0.5) is 10.1 Å². The maximum atomic E-state index is 13.6. The number of nitrogens with zero attached hydrogens (tertiary/aromatic N) is 2. The molecule has 0 aliphatic heterocycles. The van der Waals surface area contributed by atoms with Gasteiger partial charge in [0, 0.05) is 11.9 Å². The summed E-state index contributed by atoms with van der Waals surface area (Å²) in [5.74, 6) is -1.10. The highest BCUT2D eigenvalue weighted by Gasteiger charge is 2.21. The summed E-state index contributed by atoms with van der Waals surface area (Å²) in [6.45, 7) is 1.63. The first-order chi connectivity index (χ1) is 9.49. The summed E-state index contributed by atoms with van der Waals surface area (Å²) in [7, 11) is 1.21. The summed E-state index contributed by atoms with van der Waals surface area (Å²) in [6, 6.07) is 6.36. The number of anilines is 1. The molecule has 2 aromatic rings. The Kier molecular flexibility index (Phi) is 3.44. The van der Waals surface area contributed by atoms with Crippen LogP contribution in [0, 0.1) is 24.1 Å². The molecule has 2 rings (SSSR count). The van der Waals surface area contributed by atoms with Crippen LogP contribution >= 0.6 is 0 Å². The number of aromatic nitrogens is 1. The number of nitrogens with two attached hydrogens (primary N) is 1. The molecule has 6 heteroatoms. The molecule has 0 amide bonds. The van der Waals surface area contributed by atoms with E-state index in [4.69, 9.17) is 11.0 Å². The standard InChI is InChI=1S/C14H12FN3O2/c1-8-3-4-10(5-11(8)15)18-7-9(6-16)12(17)13(18)14(19)20-2/h3-5,7H,17H2,1-2H3. The van der Waals surface area contributed by atoms with Gasteiger partial charge in [-0.3, -0.25) is 0 Å². The van der Waals surface area contributed by atoms with E-state index in [2.05, 4.69) is 4.74 Å². The van der Waals surface area contributed by atoms with Crippen molar-refractivity contribution in [2.75, 3.05) is 12.8 Å². The van der Waals surface area contributed by atoms with Crippen LogP contribution in [0.2, 0.25) is 0 Å². The summed E-state index contributed by atoms with van der Waals surface area (Å²) < 4.78 is 19.6. The molecule has 0 saturated carbocycles. The number of hydrogen-bond acceptors (Lipinski definition) is 4. The SMILES string of the molecule is COC(=O)c1c(N)c(C#N)cn1-c1ccc(C)c(F)c1. The second-order valence-corrected chi connectivity index (χ2v) is 4.21. The van der Waals surface area contributed by atoms with E-state index in [9.17, 15) is 9.18 Å². The van der Waals surface area contributed by atoms with Crippen molar-refractivity contribution in [2.45, 2.75) is 6.92 Å². The fourth-order valence-corrected chi connectivity index (χ4v) is 1.85. The van der Waals surface area contributed by atoms with Gasteiger partial charge in [0.15, 0.2) is 5.69 Å². The monoisotopic (exact) mass is 273 g/mol. The Morgan fingerprint density at radius 3 is 2.75 bits per heavy atom. The summed E-state index contributed by atoms with van der Waals surface area (Å²) in [4.78, 5) is 11.8. The molecule has 0 atom stereocenters. The van der Waals surface area contributed by atoms with Crippen molar-refractivity contribution in [3.05, 3.63) is 47.0 Å². The number of halogens is 1. The molecule has 2 N–H and O–H groups in total. The number of methoxy groups -OCH3 is 1. The lowest BCUT2D eigenvalue weighted by molar-refractivity contribution is 0.0593. The van der Waals surface area contributed by atoms with E-state index < -0.39 is 11.8 Å². The van der Waals surface area contributed by atoms with Crippen LogP contribution < -0.4 is 5.73 Å².